The molecule has 1 aliphatic carbocycles. The molecule has 2 nitrogen and oxygen atoms in total. The van der Waals surface area contributed by atoms with Crippen LogP contribution in [-0.4, -0.2) is 5.78 Å². The minimum absolute atomic E-state index is 0.0849. The summed E-state index contributed by atoms with van der Waals surface area (Å²) in [6.07, 6.45) is 15.7. The predicted molar refractivity (Wildman–Crippen MR) is 143 cm³/mol. The Morgan fingerprint density at radius 1 is 0.824 bits per heavy atom. The van der Waals surface area contributed by atoms with Crippen molar-refractivity contribution < 1.29 is 4.79 Å². The highest BCUT2D eigenvalue weighted by Crippen LogP contribution is 2.45. The molecule has 2 heteroatoms. The lowest BCUT2D eigenvalue weighted by Crippen LogP contribution is -2.25. The van der Waals surface area contributed by atoms with Crippen molar-refractivity contribution in [2.24, 2.45) is 5.41 Å². The fourth-order valence-corrected chi connectivity index (χ4v) is 5.46. The standard InChI is InChI=1S/C32H43NO/c1-3-5-7-8-10-22-32(25-33)23-20-29(21-24-32)28-14-12-26(13-15-28)27-16-18-30(19-17-27)31(34)11-9-6-4-2/h12-19,29H,3-11,20-24H2,1-2H3. The minimum atomic E-state index is -0.0849. The Balaban J connectivity index is 1.53. The molecule has 0 atom stereocenters. The molecule has 0 saturated heterocycles. The van der Waals surface area contributed by atoms with E-state index in [-0.39, 0.29) is 11.2 Å². The summed E-state index contributed by atoms with van der Waals surface area (Å²) < 4.78 is 0. The second kappa shape index (κ2) is 13.5. The summed E-state index contributed by atoms with van der Waals surface area (Å²) >= 11 is 0. The monoisotopic (exact) mass is 457 g/mol. The summed E-state index contributed by atoms with van der Waals surface area (Å²) in [5, 5.41) is 9.90. The molecule has 2 aromatic rings. The lowest BCUT2D eigenvalue weighted by Gasteiger charge is -2.35. The molecule has 0 aromatic heterocycles. The quantitative estimate of drug-likeness (QED) is 0.222. The van der Waals surface area contributed by atoms with E-state index in [1.54, 1.807) is 0 Å². The van der Waals surface area contributed by atoms with Gasteiger partial charge in [0.1, 0.15) is 0 Å². The fraction of sp³-hybridized carbons (Fsp3) is 0.562. The molecule has 3 rings (SSSR count). The van der Waals surface area contributed by atoms with Gasteiger partial charge in [-0.25, -0.2) is 0 Å². The summed E-state index contributed by atoms with van der Waals surface area (Å²) in [6, 6.07) is 19.8. The average Bonchev–Trinajstić information content (AvgIpc) is 2.89. The molecule has 0 N–H and O–H groups in total. The van der Waals surface area contributed by atoms with E-state index in [9.17, 15) is 10.1 Å². The van der Waals surface area contributed by atoms with Gasteiger partial charge in [-0.15, -0.1) is 0 Å². The topological polar surface area (TPSA) is 40.9 Å². The molecule has 0 spiro atoms. The van der Waals surface area contributed by atoms with Crippen molar-refractivity contribution in [3.63, 3.8) is 0 Å². The Hall–Kier alpha value is -2.40. The van der Waals surface area contributed by atoms with Crippen LogP contribution in [0.4, 0.5) is 0 Å². The van der Waals surface area contributed by atoms with Crippen molar-refractivity contribution >= 4 is 5.78 Å². The van der Waals surface area contributed by atoms with Crippen LogP contribution in [0.25, 0.3) is 11.1 Å². The van der Waals surface area contributed by atoms with Crippen LogP contribution in [0.2, 0.25) is 0 Å². The van der Waals surface area contributed by atoms with E-state index in [2.05, 4.69) is 56.3 Å². The summed E-state index contributed by atoms with van der Waals surface area (Å²) in [7, 11) is 0. The number of hydrogen-bond acceptors (Lipinski definition) is 2. The zero-order valence-corrected chi connectivity index (χ0v) is 21.5. The summed E-state index contributed by atoms with van der Waals surface area (Å²) in [4.78, 5) is 12.3. The van der Waals surface area contributed by atoms with E-state index < -0.39 is 0 Å². The predicted octanol–water partition coefficient (Wildman–Crippen LogP) is 9.64. The lowest BCUT2D eigenvalue weighted by atomic mass is 9.67. The van der Waals surface area contributed by atoms with Crippen LogP contribution >= 0.6 is 0 Å². The normalized spacial score (nSPS) is 20.1. The van der Waals surface area contributed by atoms with Gasteiger partial charge in [0.15, 0.2) is 5.78 Å². The second-order valence-corrected chi connectivity index (χ2v) is 10.4. The molecule has 0 radical (unpaired) electrons. The maximum atomic E-state index is 12.3. The number of carbonyl (C=O) groups excluding carboxylic acids is 1. The van der Waals surface area contributed by atoms with Crippen LogP contribution in [0, 0.1) is 16.7 Å². The highest BCUT2D eigenvalue weighted by Gasteiger charge is 2.35. The van der Waals surface area contributed by atoms with Gasteiger partial charge in [-0.2, -0.15) is 5.26 Å². The third-order valence-corrected chi connectivity index (χ3v) is 7.87. The maximum absolute atomic E-state index is 12.3. The Kier molecular flexibility index (Phi) is 10.4. The molecule has 182 valence electrons. The van der Waals surface area contributed by atoms with Gasteiger partial charge >= 0.3 is 0 Å². The number of rotatable bonds is 13. The first-order valence-corrected chi connectivity index (χ1v) is 13.8. The minimum Gasteiger partial charge on any atom is -0.294 e. The summed E-state index contributed by atoms with van der Waals surface area (Å²) in [6.45, 7) is 4.41. The molecule has 1 saturated carbocycles. The second-order valence-electron chi connectivity index (χ2n) is 10.4. The molecular weight excluding hydrogens is 414 g/mol. The molecule has 0 amide bonds. The van der Waals surface area contributed by atoms with Gasteiger partial charge in [0, 0.05) is 12.0 Å². The van der Waals surface area contributed by atoms with Crippen molar-refractivity contribution in [3.8, 4) is 17.2 Å². The molecule has 0 unspecified atom stereocenters. The van der Waals surface area contributed by atoms with E-state index in [1.165, 1.54) is 43.2 Å². The maximum Gasteiger partial charge on any atom is 0.162 e. The van der Waals surface area contributed by atoms with Crippen molar-refractivity contribution in [3.05, 3.63) is 59.7 Å². The highest BCUT2D eigenvalue weighted by molar-refractivity contribution is 5.96. The Morgan fingerprint density at radius 2 is 1.38 bits per heavy atom. The Bertz CT molecular complexity index is 911. The Morgan fingerprint density at radius 3 is 1.97 bits per heavy atom. The highest BCUT2D eigenvalue weighted by atomic mass is 16.1. The van der Waals surface area contributed by atoms with E-state index in [1.807, 2.05) is 12.1 Å². The van der Waals surface area contributed by atoms with E-state index in [0.717, 1.165) is 62.5 Å². The molecule has 1 aliphatic rings. The summed E-state index contributed by atoms with van der Waals surface area (Å²) in [5.41, 5.74) is 4.50. The van der Waals surface area contributed by atoms with Gasteiger partial charge in [-0.3, -0.25) is 4.79 Å². The van der Waals surface area contributed by atoms with Crippen LogP contribution < -0.4 is 0 Å². The number of carbonyl (C=O) groups is 1. The fourth-order valence-electron chi connectivity index (χ4n) is 5.46. The first kappa shape index (κ1) is 26.2. The number of ketones is 1. The molecule has 0 aliphatic heterocycles. The first-order chi connectivity index (χ1) is 16.6. The van der Waals surface area contributed by atoms with E-state index >= 15 is 0 Å². The van der Waals surface area contributed by atoms with Crippen molar-refractivity contribution in [1.82, 2.24) is 0 Å². The van der Waals surface area contributed by atoms with Gasteiger partial charge in [0.25, 0.3) is 0 Å². The van der Waals surface area contributed by atoms with Crippen LogP contribution in [0.1, 0.15) is 126 Å². The third-order valence-electron chi connectivity index (χ3n) is 7.87. The lowest BCUT2D eigenvalue weighted by molar-refractivity contribution is 0.0979. The zero-order valence-electron chi connectivity index (χ0n) is 21.5. The van der Waals surface area contributed by atoms with Gasteiger partial charge in [0.05, 0.1) is 11.5 Å². The van der Waals surface area contributed by atoms with Gasteiger partial charge in [0.2, 0.25) is 0 Å². The number of nitrogens with zero attached hydrogens (tertiary/aromatic N) is 1. The summed E-state index contributed by atoms with van der Waals surface area (Å²) in [5.74, 6) is 0.820. The molecular formula is C32H43NO. The molecule has 1 fully saturated rings. The van der Waals surface area contributed by atoms with Crippen LogP contribution in [0.5, 0.6) is 0 Å². The number of benzene rings is 2. The van der Waals surface area contributed by atoms with Crippen LogP contribution in [0.15, 0.2) is 48.5 Å². The molecule has 0 bridgehead atoms. The first-order valence-electron chi connectivity index (χ1n) is 13.8. The number of unbranched alkanes of at least 4 members (excludes halogenated alkanes) is 6. The van der Waals surface area contributed by atoms with Crippen molar-refractivity contribution in [2.75, 3.05) is 0 Å². The van der Waals surface area contributed by atoms with Gasteiger partial charge in [-0.05, 0) is 61.1 Å². The smallest absolute Gasteiger partial charge is 0.162 e. The Labute approximate surface area is 207 Å². The SMILES string of the molecule is CCCCCCCC1(C#N)CCC(c2ccc(-c3ccc(C(=O)CCCCC)cc3)cc2)CC1. The molecule has 2 aromatic carbocycles. The van der Waals surface area contributed by atoms with E-state index in [0.29, 0.717) is 12.3 Å². The van der Waals surface area contributed by atoms with Gasteiger partial charge < -0.3 is 0 Å². The number of Topliss-reactive ketones (excluding diaryl/α,β-unsaturated/α-hetero) is 1. The van der Waals surface area contributed by atoms with Crippen molar-refractivity contribution in [1.29, 1.82) is 5.26 Å². The van der Waals surface area contributed by atoms with Gasteiger partial charge in [-0.1, -0.05) is 107 Å². The number of nitriles is 1. The molecule has 0 heterocycles. The number of hydrogen-bond donors (Lipinski definition) is 0. The van der Waals surface area contributed by atoms with Crippen LogP contribution in [-0.2, 0) is 0 Å². The van der Waals surface area contributed by atoms with Crippen molar-refractivity contribution in [2.45, 2.75) is 110 Å². The average molecular weight is 458 g/mol. The largest absolute Gasteiger partial charge is 0.294 e. The molecule has 34 heavy (non-hydrogen) atoms. The van der Waals surface area contributed by atoms with E-state index in [4.69, 9.17) is 0 Å². The third kappa shape index (κ3) is 7.30. The zero-order chi connectivity index (χ0) is 24.2. The van der Waals surface area contributed by atoms with Crippen LogP contribution in [0.3, 0.4) is 0 Å².